The van der Waals surface area contributed by atoms with Crippen LogP contribution < -0.4 is 5.32 Å². The molecule has 0 aliphatic rings. The highest BCUT2D eigenvalue weighted by Gasteiger charge is 2.12. The molecule has 1 atom stereocenters. The fourth-order valence-electron chi connectivity index (χ4n) is 2.18. The van der Waals surface area contributed by atoms with E-state index in [0.29, 0.717) is 6.04 Å². The third-order valence-electron chi connectivity index (χ3n) is 3.58. The number of rotatable bonds is 8. The molecule has 0 saturated carbocycles. The van der Waals surface area contributed by atoms with Crippen LogP contribution in [0.4, 0.5) is 4.39 Å². The molecule has 108 valence electrons. The van der Waals surface area contributed by atoms with E-state index in [1.165, 1.54) is 6.07 Å². The number of benzene rings is 1. The first-order chi connectivity index (χ1) is 9.10. The number of likely N-dealkylation sites (N-methyl/N-ethyl adjacent to an activating group) is 1. The van der Waals surface area contributed by atoms with Gasteiger partial charge in [0.15, 0.2) is 0 Å². The topological polar surface area (TPSA) is 15.3 Å². The molecule has 0 spiro atoms. The van der Waals surface area contributed by atoms with E-state index >= 15 is 0 Å². The van der Waals surface area contributed by atoms with Crippen LogP contribution in [0.25, 0.3) is 0 Å². The van der Waals surface area contributed by atoms with Gasteiger partial charge in [-0.1, -0.05) is 35.8 Å². The molecule has 1 aromatic carbocycles. The second kappa shape index (κ2) is 8.67. The Labute approximate surface area is 124 Å². The van der Waals surface area contributed by atoms with Gasteiger partial charge in [-0.3, -0.25) is 0 Å². The van der Waals surface area contributed by atoms with Crippen LogP contribution in [0.5, 0.6) is 0 Å². The quantitative estimate of drug-likeness (QED) is 0.785. The summed E-state index contributed by atoms with van der Waals surface area (Å²) in [7, 11) is 1.95. The molecule has 0 aliphatic heterocycles. The maximum atomic E-state index is 13.8. The van der Waals surface area contributed by atoms with Gasteiger partial charge >= 0.3 is 0 Å². The van der Waals surface area contributed by atoms with Gasteiger partial charge in [0.25, 0.3) is 0 Å². The highest BCUT2D eigenvalue weighted by molar-refractivity contribution is 9.10. The van der Waals surface area contributed by atoms with Crippen molar-refractivity contribution < 1.29 is 4.39 Å². The zero-order valence-corrected chi connectivity index (χ0v) is 13.6. The van der Waals surface area contributed by atoms with Crippen molar-refractivity contribution in [3.63, 3.8) is 0 Å². The van der Waals surface area contributed by atoms with Gasteiger partial charge in [-0.15, -0.1) is 0 Å². The Morgan fingerprint density at radius 3 is 2.53 bits per heavy atom. The van der Waals surface area contributed by atoms with Crippen LogP contribution >= 0.6 is 15.9 Å². The smallest absolute Gasteiger partial charge is 0.127 e. The summed E-state index contributed by atoms with van der Waals surface area (Å²) in [5.74, 6) is -0.127. The fourth-order valence-corrected chi connectivity index (χ4v) is 2.51. The van der Waals surface area contributed by atoms with Crippen molar-refractivity contribution in [1.29, 1.82) is 0 Å². The second-order valence-corrected chi connectivity index (χ2v) is 5.66. The summed E-state index contributed by atoms with van der Waals surface area (Å²) in [4.78, 5) is 2.39. The minimum Gasteiger partial charge on any atom is -0.317 e. The van der Waals surface area contributed by atoms with E-state index < -0.39 is 0 Å². The molecule has 1 unspecified atom stereocenters. The Morgan fingerprint density at radius 1 is 1.32 bits per heavy atom. The molecule has 0 radical (unpaired) electrons. The lowest BCUT2D eigenvalue weighted by Crippen LogP contribution is -2.34. The van der Waals surface area contributed by atoms with Crippen molar-refractivity contribution in [3.05, 3.63) is 34.1 Å². The molecule has 1 rings (SSSR count). The van der Waals surface area contributed by atoms with E-state index in [1.807, 2.05) is 19.2 Å². The van der Waals surface area contributed by atoms with Gasteiger partial charge < -0.3 is 10.2 Å². The van der Waals surface area contributed by atoms with E-state index in [2.05, 4.69) is 40.0 Å². The summed E-state index contributed by atoms with van der Waals surface area (Å²) >= 11 is 3.29. The Hall–Kier alpha value is -0.450. The van der Waals surface area contributed by atoms with Crippen LogP contribution in [0.1, 0.15) is 25.8 Å². The molecule has 1 aromatic rings. The van der Waals surface area contributed by atoms with Gasteiger partial charge in [0.1, 0.15) is 5.82 Å². The lowest BCUT2D eigenvalue weighted by molar-refractivity contribution is 0.283. The summed E-state index contributed by atoms with van der Waals surface area (Å²) in [6, 6.07) is 5.61. The van der Waals surface area contributed by atoms with E-state index in [0.717, 1.165) is 42.5 Å². The summed E-state index contributed by atoms with van der Waals surface area (Å²) in [5.41, 5.74) is 0.780. The van der Waals surface area contributed by atoms with Crippen LogP contribution in [0, 0.1) is 5.82 Å². The molecule has 4 heteroatoms. The number of nitrogens with zero attached hydrogens (tertiary/aromatic N) is 1. The molecular weight excluding hydrogens is 307 g/mol. The zero-order chi connectivity index (χ0) is 14.3. The molecule has 2 nitrogen and oxygen atoms in total. The van der Waals surface area contributed by atoms with Crippen LogP contribution in [0.15, 0.2) is 22.7 Å². The van der Waals surface area contributed by atoms with Crippen LogP contribution in [0.3, 0.4) is 0 Å². The maximum Gasteiger partial charge on any atom is 0.127 e. The summed E-state index contributed by atoms with van der Waals surface area (Å²) in [6.45, 7) is 7.54. The molecule has 0 fully saturated rings. The van der Waals surface area contributed by atoms with Crippen molar-refractivity contribution in [1.82, 2.24) is 10.2 Å². The van der Waals surface area contributed by atoms with Crippen molar-refractivity contribution in [2.45, 2.75) is 32.7 Å². The monoisotopic (exact) mass is 330 g/mol. The third-order valence-corrected chi connectivity index (χ3v) is 4.07. The predicted molar refractivity (Wildman–Crippen MR) is 83.1 cm³/mol. The normalized spacial score (nSPS) is 12.9. The summed E-state index contributed by atoms with van der Waals surface area (Å²) in [6.07, 6.45) is 1.77. The molecule has 1 N–H and O–H groups in total. The van der Waals surface area contributed by atoms with E-state index in [4.69, 9.17) is 0 Å². The lowest BCUT2D eigenvalue weighted by atomic mass is 10.0. The summed E-state index contributed by atoms with van der Waals surface area (Å²) in [5, 5.41) is 3.29. The van der Waals surface area contributed by atoms with Crippen molar-refractivity contribution >= 4 is 15.9 Å². The molecule has 0 aromatic heterocycles. The summed E-state index contributed by atoms with van der Waals surface area (Å²) < 4.78 is 14.6. The highest BCUT2D eigenvalue weighted by Crippen LogP contribution is 2.17. The molecule has 0 heterocycles. The van der Waals surface area contributed by atoms with Gasteiger partial charge in [0.2, 0.25) is 0 Å². The minimum atomic E-state index is -0.127. The van der Waals surface area contributed by atoms with Crippen molar-refractivity contribution in [3.8, 4) is 0 Å². The number of hydrogen-bond acceptors (Lipinski definition) is 2. The highest BCUT2D eigenvalue weighted by atomic mass is 79.9. The van der Waals surface area contributed by atoms with Crippen molar-refractivity contribution in [2.24, 2.45) is 0 Å². The van der Waals surface area contributed by atoms with E-state index in [9.17, 15) is 4.39 Å². The molecule has 0 aliphatic carbocycles. The average Bonchev–Trinajstić information content (AvgIpc) is 2.41. The van der Waals surface area contributed by atoms with E-state index in [1.54, 1.807) is 0 Å². The van der Waals surface area contributed by atoms with Crippen LogP contribution in [-0.4, -0.2) is 37.6 Å². The molecule has 19 heavy (non-hydrogen) atoms. The first-order valence-electron chi connectivity index (χ1n) is 6.94. The zero-order valence-electron chi connectivity index (χ0n) is 12.0. The Bertz CT molecular complexity index is 380. The van der Waals surface area contributed by atoms with Gasteiger partial charge in [-0.05, 0) is 57.2 Å². The van der Waals surface area contributed by atoms with Crippen LogP contribution in [-0.2, 0) is 6.42 Å². The number of hydrogen-bond donors (Lipinski definition) is 1. The van der Waals surface area contributed by atoms with E-state index in [-0.39, 0.29) is 5.82 Å². The predicted octanol–water partition coefficient (Wildman–Crippen LogP) is 3.45. The molecule has 0 saturated heterocycles. The van der Waals surface area contributed by atoms with Crippen molar-refractivity contribution in [2.75, 3.05) is 26.7 Å². The van der Waals surface area contributed by atoms with Gasteiger partial charge in [0, 0.05) is 10.5 Å². The maximum absolute atomic E-state index is 13.8. The van der Waals surface area contributed by atoms with Gasteiger partial charge in [0.05, 0.1) is 0 Å². The Morgan fingerprint density at radius 2 is 2.00 bits per heavy atom. The molecule has 0 bridgehead atoms. The van der Waals surface area contributed by atoms with Gasteiger partial charge in [-0.2, -0.15) is 0 Å². The molecular formula is C15H24BrFN2. The SMILES string of the molecule is CCN(CC)CCC(Cc1ccc(Br)cc1F)NC. The molecule has 0 amide bonds. The second-order valence-electron chi connectivity index (χ2n) is 4.74. The fraction of sp³-hybridized carbons (Fsp3) is 0.600. The first kappa shape index (κ1) is 16.6. The number of halogens is 2. The Kier molecular flexibility index (Phi) is 7.57. The minimum absolute atomic E-state index is 0.127. The van der Waals surface area contributed by atoms with Gasteiger partial charge in [-0.25, -0.2) is 4.39 Å². The largest absolute Gasteiger partial charge is 0.317 e. The standard InChI is InChI=1S/C15H24BrFN2/c1-4-19(5-2)9-8-14(18-3)10-12-6-7-13(16)11-15(12)17/h6-7,11,14,18H,4-5,8-10H2,1-3H3. The third kappa shape index (κ3) is 5.59. The first-order valence-corrected chi connectivity index (χ1v) is 7.73. The van der Waals surface area contributed by atoms with Crippen LogP contribution in [0.2, 0.25) is 0 Å². The Balaban J connectivity index is 2.56. The average molecular weight is 331 g/mol. The number of nitrogens with one attached hydrogen (secondary N) is 1. The lowest BCUT2D eigenvalue weighted by Gasteiger charge is -2.22.